The van der Waals surface area contributed by atoms with Gasteiger partial charge < -0.3 is 10.2 Å². The van der Waals surface area contributed by atoms with Gasteiger partial charge in [0.1, 0.15) is 0 Å². The van der Waals surface area contributed by atoms with E-state index in [0.29, 0.717) is 10.8 Å². The predicted molar refractivity (Wildman–Crippen MR) is 77.6 cm³/mol. The second-order valence-corrected chi connectivity index (χ2v) is 4.89. The number of hydrogen-bond acceptors (Lipinski definition) is 4. The van der Waals surface area contributed by atoms with Gasteiger partial charge in [0, 0.05) is 31.7 Å². The SMILES string of the molecule is Clc1ccccc1-c1ncc(N2CCNCC2)cn1. The molecular weight excluding hydrogens is 260 g/mol. The maximum absolute atomic E-state index is 6.15. The van der Waals surface area contributed by atoms with Crippen LogP contribution in [0.2, 0.25) is 5.02 Å². The van der Waals surface area contributed by atoms with Crippen LogP contribution in [0.15, 0.2) is 36.7 Å². The molecule has 1 N–H and O–H groups in total. The molecule has 0 amide bonds. The highest BCUT2D eigenvalue weighted by molar-refractivity contribution is 6.33. The first-order valence-corrected chi connectivity index (χ1v) is 6.75. The molecule has 5 heteroatoms. The molecule has 19 heavy (non-hydrogen) atoms. The van der Waals surface area contributed by atoms with Gasteiger partial charge in [-0.15, -0.1) is 0 Å². The highest BCUT2D eigenvalue weighted by atomic mass is 35.5. The van der Waals surface area contributed by atoms with Crippen molar-refractivity contribution in [3.8, 4) is 11.4 Å². The van der Waals surface area contributed by atoms with Crippen LogP contribution in [0.4, 0.5) is 5.69 Å². The van der Waals surface area contributed by atoms with E-state index < -0.39 is 0 Å². The molecule has 2 aromatic rings. The van der Waals surface area contributed by atoms with E-state index in [1.165, 1.54) is 0 Å². The van der Waals surface area contributed by atoms with Crippen molar-refractivity contribution in [3.05, 3.63) is 41.7 Å². The van der Waals surface area contributed by atoms with Gasteiger partial charge in [0.2, 0.25) is 0 Å². The Labute approximate surface area is 117 Å². The molecule has 4 nitrogen and oxygen atoms in total. The topological polar surface area (TPSA) is 41.1 Å². The molecule has 1 aliphatic heterocycles. The Hall–Kier alpha value is -1.65. The van der Waals surface area contributed by atoms with Crippen molar-refractivity contribution in [2.45, 2.75) is 0 Å². The molecule has 0 aliphatic carbocycles. The average Bonchev–Trinajstić information content (AvgIpc) is 2.49. The second-order valence-electron chi connectivity index (χ2n) is 4.48. The summed E-state index contributed by atoms with van der Waals surface area (Å²) in [5.74, 6) is 0.671. The van der Waals surface area contributed by atoms with Crippen molar-refractivity contribution in [1.29, 1.82) is 0 Å². The summed E-state index contributed by atoms with van der Waals surface area (Å²) in [6.45, 7) is 4.00. The summed E-state index contributed by atoms with van der Waals surface area (Å²) >= 11 is 6.15. The molecule has 0 atom stereocenters. The summed E-state index contributed by atoms with van der Waals surface area (Å²) in [6, 6.07) is 7.63. The molecule has 1 fully saturated rings. The van der Waals surface area contributed by atoms with E-state index in [9.17, 15) is 0 Å². The summed E-state index contributed by atoms with van der Waals surface area (Å²) in [5.41, 5.74) is 1.94. The van der Waals surface area contributed by atoms with Crippen LogP contribution >= 0.6 is 11.6 Å². The smallest absolute Gasteiger partial charge is 0.160 e. The van der Waals surface area contributed by atoms with Crippen LogP contribution in [0, 0.1) is 0 Å². The zero-order chi connectivity index (χ0) is 13.1. The Kier molecular flexibility index (Phi) is 3.62. The third-order valence-electron chi connectivity index (χ3n) is 3.24. The number of nitrogens with zero attached hydrogens (tertiary/aromatic N) is 3. The molecule has 0 spiro atoms. The van der Waals surface area contributed by atoms with Crippen molar-refractivity contribution < 1.29 is 0 Å². The zero-order valence-corrected chi connectivity index (χ0v) is 11.3. The minimum Gasteiger partial charge on any atom is -0.366 e. The highest BCUT2D eigenvalue weighted by Gasteiger charge is 2.12. The molecule has 0 radical (unpaired) electrons. The largest absolute Gasteiger partial charge is 0.366 e. The van der Waals surface area contributed by atoms with Crippen molar-refractivity contribution >= 4 is 17.3 Å². The van der Waals surface area contributed by atoms with Crippen molar-refractivity contribution in [3.63, 3.8) is 0 Å². The van der Waals surface area contributed by atoms with Gasteiger partial charge in [-0.25, -0.2) is 9.97 Å². The molecule has 0 unspecified atom stereocenters. The fraction of sp³-hybridized carbons (Fsp3) is 0.286. The van der Waals surface area contributed by atoms with Crippen LogP contribution < -0.4 is 10.2 Å². The Bertz CT molecular complexity index is 550. The number of aromatic nitrogens is 2. The maximum Gasteiger partial charge on any atom is 0.160 e. The van der Waals surface area contributed by atoms with E-state index in [0.717, 1.165) is 37.4 Å². The Morgan fingerprint density at radius 2 is 1.74 bits per heavy atom. The summed E-state index contributed by atoms with van der Waals surface area (Å²) < 4.78 is 0. The molecule has 3 rings (SSSR count). The number of rotatable bonds is 2. The van der Waals surface area contributed by atoms with E-state index in [-0.39, 0.29) is 0 Å². The molecule has 1 aromatic heterocycles. The second kappa shape index (κ2) is 5.55. The maximum atomic E-state index is 6.15. The molecular formula is C14H15ClN4. The number of nitrogens with one attached hydrogen (secondary N) is 1. The van der Waals surface area contributed by atoms with Crippen LogP contribution in [0.1, 0.15) is 0 Å². The van der Waals surface area contributed by atoms with Crippen molar-refractivity contribution in [2.75, 3.05) is 31.1 Å². The quantitative estimate of drug-likeness (QED) is 0.912. The highest BCUT2D eigenvalue weighted by Crippen LogP contribution is 2.25. The Morgan fingerprint density at radius 3 is 2.42 bits per heavy atom. The molecule has 1 aliphatic rings. The molecule has 0 bridgehead atoms. The van der Waals surface area contributed by atoms with Gasteiger partial charge >= 0.3 is 0 Å². The number of hydrogen-bond donors (Lipinski definition) is 1. The first-order chi connectivity index (χ1) is 9.34. The fourth-order valence-corrected chi connectivity index (χ4v) is 2.41. The normalized spacial score (nSPS) is 15.5. The monoisotopic (exact) mass is 274 g/mol. The summed E-state index contributed by atoms with van der Waals surface area (Å²) in [4.78, 5) is 11.1. The lowest BCUT2D eigenvalue weighted by atomic mass is 10.2. The van der Waals surface area contributed by atoms with E-state index in [1.807, 2.05) is 36.7 Å². The lowest BCUT2D eigenvalue weighted by Gasteiger charge is -2.28. The van der Waals surface area contributed by atoms with Gasteiger partial charge in [-0.2, -0.15) is 0 Å². The predicted octanol–water partition coefficient (Wildman–Crippen LogP) is 2.21. The molecule has 98 valence electrons. The average molecular weight is 275 g/mol. The summed E-state index contributed by atoms with van der Waals surface area (Å²) in [6.07, 6.45) is 3.74. The zero-order valence-electron chi connectivity index (χ0n) is 10.5. The molecule has 1 aromatic carbocycles. The standard InChI is InChI=1S/C14H15ClN4/c15-13-4-2-1-3-12(13)14-17-9-11(10-18-14)19-7-5-16-6-8-19/h1-4,9-10,16H,5-8H2. The molecule has 2 heterocycles. The van der Waals surface area contributed by atoms with Crippen LogP contribution in [0.25, 0.3) is 11.4 Å². The number of halogens is 1. The van der Waals surface area contributed by atoms with Gasteiger partial charge in [0.25, 0.3) is 0 Å². The number of benzene rings is 1. The van der Waals surface area contributed by atoms with Gasteiger partial charge in [-0.3, -0.25) is 0 Å². The lowest BCUT2D eigenvalue weighted by molar-refractivity contribution is 0.588. The van der Waals surface area contributed by atoms with Gasteiger partial charge in [-0.1, -0.05) is 23.7 Å². The third-order valence-corrected chi connectivity index (χ3v) is 3.56. The first-order valence-electron chi connectivity index (χ1n) is 6.37. The van der Waals surface area contributed by atoms with Crippen molar-refractivity contribution in [2.24, 2.45) is 0 Å². The minimum atomic E-state index is 0.671. The summed E-state index contributed by atoms with van der Waals surface area (Å²) in [7, 11) is 0. The summed E-state index contributed by atoms with van der Waals surface area (Å²) in [5, 5.41) is 4.01. The van der Waals surface area contributed by atoms with E-state index in [1.54, 1.807) is 0 Å². The molecule has 0 saturated carbocycles. The van der Waals surface area contributed by atoms with Gasteiger partial charge in [-0.05, 0) is 12.1 Å². The number of piperazine rings is 1. The van der Waals surface area contributed by atoms with Crippen LogP contribution in [0.3, 0.4) is 0 Å². The Balaban J connectivity index is 1.84. The van der Waals surface area contributed by atoms with E-state index in [4.69, 9.17) is 11.6 Å². The van der Waals surface area contributed by atoms with E-state index >= 15 is 0 Å². The third kappa shape index (κ3) is 2.69. The van der Waals surface area contributed by atoms with Crippen molar-refractivity contribution in [1.82, 2.24) is 15.3 Å². The van der Waals surface area contributed by atoms with Gasteiger partial charge in [0.15, 0.2) is 5.82 Å². The first kappa shape index (κ1) is 12.4. The Morgan fingerprint density at radius 1 is 1.05 bits per heavy atom. The van der Waals surface area contributed by atoms with Crippen LogP contribution in [0.5, 0.6) is 0 Å². The minimum absolute atomic E-state index is 0.671. The van der Waals surface area contributed by atoms with Crippen LogP contribution in [-0.2, 0) is 0 Å². The molecule has 1 saturated heterocycles. The van der Waals surface area contributed by atoms with Gasteiger partial charge in [0.05, 0.1) is 23.1 Å². The lowest BCUT2D eigenvalue weighted by Crippen LogP contribution is -2.43. The van der Waals surface area contributed by atoms with Crippen LogP contribution in [-0.4, -0.2) is 36.1 Å². The van der Waals surface area contributed by atoms with E-state index in [2.05, 4.69) is 20.2 Å². The number of anilines is 1. The fourth-order valence-electron chi connectivity index (χ4n) is 2.19.